The topological polar surface area (TPSA) is 90.5 Å². The molecule has 0 radical (unpaired) electrons. The van der Waals surface area contributed by atoms with Gasteiger partial charge in [0.25, 0.3) is 11.6 Å². The lowest BCUT2D eigenvalue weighted by Gasteiger charge is -2.22. The van der Waals surface area contributed by atoms with Gasteiger partial charge in [-0.25, -0.2) is 4.98 Å². The normalized spacial score (nSPS) is 14.7. The molecule has 0 unspecified atom stereocenters. The number of nitrogens with zero attached hydrogens (tertiary/aromatic N) is 4. The molecule has 0 saturated heterocycles. The van der Waals surface area contributed by atoms with Gasteiger partial charge in [-0.2, -0.15) is 0 Å². The third-order valence-corrected chi connectivity index (χ3v) is 5.44. The Morgan fingerprint density at radius 3 is 2.79 bits per heavy atom. The first-order valence-corrected chi connectivity index (χ1v) is 10.2. The van der Waals surface area contributed by atoms with E-state index in [1.165, 1.54) is 18.6 Å². The number of imidazole rings is 1. The Bertz CT molecular complexity index is 858. The van der Waals surface area contributed by atoms with Crippen molar-refractivity contribution in [2.75, 3.05) is 26.8 Å². The predicted octanol–water partition coefficient (Wildman–Crippen LogP) is 3.94. The van der Waals surface area contributed by atoms with Gasteiger partial charge in [0.05, 0.1) is 11.5 Å². The minimum absolute atomic E-state index is 0.0337. The first kappa shape index (κ1) is 21.0. The summed E-state index contributed by atoms with van der Waals surface area (Å²) in [4.78, 5) is 30.1. The molecule has 29 heavy (non-hydrogen) atoms. The van der Waals surface area contributed by atoms with Gasteiger partial charge in [-0.05, 0) is 31.9 Å². The van der Waals surface area contributed by atoms with E-state index in [4.69, 9.17) is 4.74 Å². The Morgan fingerprint density at radius 1 is 1.34 bits per heavy atom. The summed E-state index contributed by atoms with van der Waals surface area (Å²) in [7, 11) is 1.70. The second-order valence-electron chi connectivity index (χ2n) is 7.37. The molecule has 156 valence electrons. The van der Waals surface area contributed by atoms with Gasteiger partial charge in [-0.1, -0.05) is 19.3 Å². The summed E-state index contributed by atoms with van der Waals surface area (Å²) >= 11 is 0. The molecular weight excluding hydrogens is 372 g/mol. The fraction of sp³-hybridized carbons (Fsp3) is 0.524. The first-order chi connectivity index (χ1) is 14.0. The van der Waals surface area contributed by atoms with Crippen molar-refractivity contribution < 1.29 is 14.5 Å². The van der Waals surface area contributed by atoms with Gasteiger partial charge in [-0.3, -0.25) is 19.5 Å². The van der Waals surface area contributed by atoms with Crippen molar-refractivity contribution >= 4 is 11.6 Å². The van der Waals surface area contributed by atoms with Gasteiger partial charge in [0.15, 0.2) is 0 Å². The fourth-order valence-corrected chi connectivity index (χ4v) is 3.85. The van der Waals surface area contributed by atoms with E-state index < -0.39 is 4.92 Å². The Kier molecular flexibility index (Phi) is 6.98. The number of carbonyl (C=O) groups is 1. The van der Waals surface area contributed by atoms with Crippen LogP contribution in [-0.4, -0.2) is 52.1 Å². The maximum Gasteiger partial charge on any atom is 0.293 e. The van der Waals surface area contributed by atoms with Crippen molar-refractivity contribution in [1.29, 1.82) is 0 Å². The summed E-state index contributed by atoms with van der Waals surface area (Å²) in [5.41, 5.74) is 0.763. The summed E-state index contributed by atoms with van der Waals surface area (Å²) < 4.78 is 7.09. The number of carbonyl (C=O) groups excluding carboxylic acids is 1. The lowest BCUT2D eigenvalue weighted by atomic mass is 9.88. The van der Waals surface area contributed by atoms with E-state index in [0.29, 0.717) is 31.0 Å². The number of benzene rings is 1. The van der Waals surface area contributed by atoms with Crippen LogP contribution in [0.15, 0.2) is 30.6 Å². The van der Waals surface area contributed by atoms with Crippen LogP contribution in [-0.2, 0) is 4.74 Å². The van der Waals surface area contributed by atoms with E-state index in [1.807, 2.05) is 6.92 Å². The Balaban J connectivity index is 1.94. The first-order valence-electron chi connectivity index (χ1n) is 10.2. The highest BCUT2D eigenvalue weighted by Crippen LogP contribution is 2.34. The highest BCUT2D eigenvalue weighted by molar-refractivity contribution is 5.95. The molecular formula is C21H28N4O4. The SMILES string of the molecule is CCOCCN(C)C(=O)c1ccc([N+](=O)[O-])c(-n2ccnc2C2CCCCC2)c1. The molecule has 0 aliphatic heterocycles. The molecule has 1 aliphatic carbocycles. The zero-order chi connectivity index (χ0) is 20.8. The number of nitro groups is 1. The highest BCUT2D eigenvalue weighted by atomic mass is 16.6. The van der Waals surface area contributed by atoms with Gasteiger partial charge < -0.3 is 9.64 Å². The van der Waals surface area contributed by atoms with Crippen LogP contribution in [0.5, 0.6) is 0 Å². The van der Waals surface area contributed by atoms with E-state index in [1.54, 1.807) is 35.0 Å². The van der Waals surface area contributed by atoms with Gasteiger partial charge in [-0.15, -0.1) is 0 Å². The van der Waals surface area contributed by atoms with Crippen LogP contribution in [0.3, 0.4) is 0 Å². The number of ether oxygens (including phenoxy) is 1. The quantitative estimate of drug-likeness (QED) is 0.380. The minimum atomic E-state index is -0.410. The van der Waals surface area contributed by atoms with Crippen LogP contribution in [0.4, 0.5) is 5.69 Å². The van der Waals surface area contributed by atoms with E-state index >= 15 is 0 Å². The molecule has 1 amide bonds. The van der Waals surface area contributed by atoms with Crippen molar-refractivity contribution in [3.05, 3.63) is 52.1 Å². The third kappa shape index (κ3) is 4.82. The predicted molar refractivity (Wildman–Crippen MR) is 109 cm³/mol. The minimum Gasteiger partial charge on any atom is -0.380 e. The maximum absolute atomic E-state index is 12.8. The van der Waals surface area contributed by atoms with Crippen molar-refractivity contribution in [2.24, 2.45) is 0 Å². The van der Waals surface area contributed by atoms with Gasteiger partial charge >= 0.3 is 0 Å². The second kappa shape index (κ2) is 9.65. The van der Waals surface area contributed by atoms with Gasteiger partial charge in [0, 0.05) is 50.1 Å². The average Bonchev–Trinajstić information content (AvgIpc) is 3.23. The summed E-state index contributed by atoms with van der Waals surface area (Å²) in [5, 5.41) is 11.7. The standard InChI is InChI=1S/C21H28N4O4/c1-3-29-14-13-23(2)21(26)17-9-10-18(25(27)28)19(15-17)24-12-11-22-20(24)16-7-5-4-6-8-16/h9-12,15-16H,3-8,13-14H2,1-2H3. The van der Waals surface area contributed by atoms with Gasteiger partial charge in [0.1, 0.15) is 11.5 Å². The van der Waals surface area contributed by atoms with Crippen molar-refractivity contribution in [1.82, 2.24) is 14.5 Å². The summed E-state index contributed by atoms with van der Waals surface area (Å²) in [6, 6.07) is 4.52. The Hall–Kier alpha value is -2.74. The summed E-state index contributed by atoms with van der Waals surface area (Å²) in [5.74, 6) is 0.925. The van der Waals surface area contributed by atoms with Gasteiger partial charge in [0.2, 0.25) is 0 Å². The van der Waals surface area contributed by atoms with E-state index in [2.05, 4.69) is 4.98 Å². The maximum atomic E-state index is 12.8. The lowest BCUT2D eigenvalue weighted by Crippen LogP contribution is -2.30. The molecule has 0 N–H and O–H groups in total. The average molecular weight is 400 g/mol. The Labute approximate surface area is 170 Å². The number of nitro benzene ring substituents is 1. The molecule has 1 aromatic carbocycles. The lowest BCUT2D eigenvalue weighted by molar-refractivity contribution is -0.384. The number of hydrogen-bond acceptors (Lipinski definition) is 5. The van der Waals surface area contributed by atoms with Crippen LogP contribution in [0.2, 0.25) is 0 Å². The summed E-state index contributed by atoms with van der Waals surface area (Å²) in [6.45, 7) is 3.40. The van der Waals surface area contributed by atoms with Crippen LogP contribution in [0, 0.1) is 10.1 Å². The van der Waals surface area contributed by atoms with Crippen molar-refractivity contribution in [3.63, 3.8) is 0 Å². The molecule has 0 spiro atoms. The molecule has 8 nitrogen and oxygen atoms in total. The number of aromatic nitrogens is 2. The smallest absolute Gasteiger partial charge is 0.293 e. The number of rotatable bonds is 8. The van der Waals surface area contributed by atoms with Crippen LogP contribution in [0.1, 0.15) is 61.1 Å². The van der Waals surface area contributed by atoms with Crippen molar-refractivity contribution in [3.8, 4) is 5.69 Å². The van der Waals surface area contributed by atoms with E-state index in [9.17, 15) is 14.9 Å². The molecule has 0 bridgehead atoms. The van der Waals surface area contributed by atoms with Crippen LogP contribution < -0.4 is 0 Å². The molecule has 8 heteroatoms. The summed E-state index contributed by atoms with van der Waals surface area (Å²) in [6.07, 6.45) is 8.99. The highest BCUT2D eigenvalue weighted by Gasteiger charge is 2.25. The van der Waals surface area contributed by atoms with E-state index in [-0.39, 0.29) is 17.5 Å². The molecule has 1 saturated carbocycles. The zero-order valence-corrected chi connectivity index (χ0v) is 17.0. The van der Waals surface area contributed by atoms with Crippen LogP contribution in [0.25, 0.3) is 5.69 Å². The van der Waals surface area contributed by atoms with Crippen molar-refractivity contribution in [2.45, 2.75) is 44.9 Å². The zero-order valence-electron chi connectivity index (χ0n) is 17.0. The molecule has 2 aromatic rings. The molecule has 0 atom stereocenters. The number of amides is 1. The second-order valence-corrected chi connectivity index (χ2v) is 7.37. The van der Waals surface area contributed by atoms with Crippen LogP contribution >= 0.6 is 0 Å². The fourth-order valence-electron chi connectivity index (χ4n) is 3.85. The third-order valence-electron chi connectivity index (χ3n) is 5.44. The largest absolute Gasteiger partial charge is 0.380 e. The molecule has 1 heterocycles. The Morgan fingerprint density at radius 2 is 2.10 bits per heavy atom. The number of likely N-dealkylation sites (N-methyl/N-ethyl adjacent to an activating group) is 1. The monoisotopic (exact) mass is 400 g/mol. The molecule has 3 rings (SSSR count). The molecule has 1 fully saturated rings. The number of hydrogen-bond donors (Lipinski definition) is 0. The molecule has 1 aliphatic rings. The van der Waals surface area contributed by atoms with E-state index in [0.717, 1.165) is 31.5 Å². The molecule has 1 aromatic heterocycles.